The molecule has 0 radical (unpaired) electrons. The van der Waals surface area contributed by atoms with Crippen LogP contribution in [0.3, 0.4) is 0 Å². The van der Waals surface area contributed by atoms with Crippen molar-refractivity contribution < 1.29 is 22.7 Å². The van der Waals surface area contributed by atoms with Crippen LogP contribution in [0.25, 0.3) is 11.4 Å². The summed E-state index contributed by atoms with van der Waals surface area (Å²) < 4.78 is 33.6. The molecule has 2 amide bonds. The van der Waals surface area contributed by atoms with E-state index in [-0.39, 0.29) is 34.8 Å². The molecule has 3 aromatic carbocycles. The quantitative estimate of drug-likeness (QED) is 0.303. The highest BCUT2D eigenvalue weighted by Crippen LogP contribution is 2.27. The first-order valence-electron chi connectivity index (χ1n) is 10.9. The van der Waals surface area contributed by atoms with E-state index in [1.165, 1.54) is 31.2 Å². The largest absolute Gasteiger partial charge is 0.497 e. The van der Waals surface area contributed by atoms with Crippen molar-refractivity contribution in [2.45, 2.75) is 18.4 Å². The van der Waals surface area contributed by atoms with Gasteiger partial charge in [-0.2, -0.15) is 4.80 Å². The van der Waals surface area contributed by atoms with Gasteiger partial charge in [0.25, 0.3) is 10.0 Å². The fourth-order valence-electron chi connectivity index (χ4n) is 3.31. The van der Waals surface area contributed by atoms with E-state index < -0.39 is 10.0 Å². The number of nitrogens with one attached hydrogen (secondary N) is 3. The van der Waals surface area contributed by atoms with Gasteiger partial charge in [-0.05, 0) is 65.9 Å². The molecule has 190 valence electrons. The molecule has 0 spiro atoms. The van der Waals surface area contributed by atoms with Crippen molar-refractivity contribution in [1.82, 2.24) is 20.2 Å². The maximum absolute atomic E-state index is 13.0. The lowest BCUT2D eigenvalue weighted by Crippen LogP contribution is -2.20. The number of benzene rings is 3. The number of carbonyl (C=O) groups is 2. The summed E-state index contributed by atoms with van der Waals surface area (Å²) in [6, 6.07) is 19.1. The van der Waals surface area contributed by atoms with Gasteiger partial charge in [-0.15, -0.1) is 10.2 Å². The Morgan fingerprint density at radius 3 is 2.24 bits per heavy atom. The summed E-state index contributed by atoms with van der Waals surface area (Å²) in [6.45, 7) is 1.16. The van der Waals surface area contributed by atoms with Crippen LogP contribution >= 0.6 is 0 Å². The highest BCUT2D eigenvalue weighted by Gasteiger charge is 2.19. The van der Waals surface area contributed by atoms with Gasteiger partial charge < -0.3 is 15.4 Å². The SMILES string of the molecule is COc1ccc(NC(=O)Cn2nnc(-c3ccccc3NS(=O)(=O)c3ccc(NC(C)=O)cc3)n2)cc1. The number of nitrogens with zero attached hydrogens (tertiary/aromatic N) is 4. The van der Waals surface area contributed by atoms with Crippen molar-refractivity contribution in [3.8, 4) is 17.1 Å². The maximum Gasteiger partial charge on any atom is 0.261 e. The first-order chi connectivity index (χ1) is 17.7. The third-order valence-corrected chi connectivity index (χ3v) is 6.39. The van der Waals surface area contributed by atoms with Gasteiger partial charge in [-0.25, -0.2) is 8.42 Å². The number of ether oxygens (including phenoxy) is 1. The molecule has 3 N–H and O–H groups in total. The Kier molecular flexibility index (Phi) is 7.44. The van der Waals surface area contributed by atoms with Crippen LogP contribution < -0.4 is 20.1 Å². The second kappa shape index (κ2) is 10.9. The molecule has 37 heavy (non-hydrogen) atoms. The van der Waals surface area contributed by atoms with Gasteiger partial charge in [0.15, 0.2) is 0 Å². The minimum Gasteiger partial charge on any atom is -0.497 e. The molecule has 1 heterocycles. The average molecular weight is 522 g/mol. The number of tetrazole rings is 1. The number of anilines is 3. The summed E-state index contributed by atoms with van der Waals surface area (Å²) in [5.74, 6) is 0.167. The molecule has 0 aliphatic rings. The molecular weight excluding hydrogens is 498 g/mol. The second-order valence-electron chi connectivity index (χ2n) is 7.78. The Balaban J connectivity index is 1.47. The van der Waals surface area contributed by atoms with E-state index in [2.05, 4.69) is 30.8 Å². The molecule has 0 atom stereocenters. The second-order valence-corrected chi connectivity index (χ2v) is 9.46. The number of sulfonamides is 1. The minimum atomic E-state index is -3.96. The van der Waals surface area contributed by atoms with Gasteiger partial charge in [-0.3, -0.25) is 14.3 Å². The van der Waals surface area contributed by atoms with Crippen LogP contribution in [0.1, 0.15) is 6.92 Å². The zero-order chi connectivity index (χ0) is 26.4. The number of methoxy groups -OCH3 is 1. The first kappa shape index (κ1) is 25.3. The Hall–Kier alpha value is -4.78. The standard InChI is InChI=1S/C24H23N7O5S/c1-16(32)25-17-9-13-20(14-10-17)37(34,35)29-22-6-4-3-5-21(22)24-27-30-31(28-24)15-23(33)26-18-7-11-19(36-2)12-8-18/h3-14,29H,15H2,1-2H3,(H,25,32)(H,26,33). The number of hydrogen-bond acceptors (Lipinski definition) is 8. The number of aromatic nitrogens is 4. The number of carbonyl (C=O) groups excluding carboxylic acids is 2. The van der Waals surface area contributed by atoms with Gasteiger partial charge in [0.05, 0.1) is 17.7 Å². The van der Waals surface area contributed by atoms with Crippen LogP contribution in [0.15, 0.2) is 77.7 Å². The third-order valence-electron chi connectivity index (χ3n) is 5.01. The molecular formula is C24H23N7O5S. The van der Waals surface area contributed by atoms with E-state index in [0.29, 0.717) is 22.7 Å². The van der Waals surface area contributed by atoms with E-state index in [1.54, 1.807) is 55.6 Å². The van der Waals surface area contributed by atoms with Crippen molar-refractivity contribution in [2.75, 3.05) is 22.5 Å². The number of rotatable bonds is 9. The Morgan fingerprint density at radius 2 is 1.57 bits per heavy atom. The highest BCUT2D eigenvalue weighted by molar-refractivity contribution is 7.92. The van der Waals surface area contributed by atoms with Gasteiger partial charge in [0.1, 0.15) is 12.3 Å². The maximum atomic E-state index is 13.0. The van der Waals surface area contributed by atoms with Gasteiger partial charge in [-0.1, -0.05) is 12.1 Å². The van der Waals surface area contributed by atoms with E-state index in [1.807, 2.05) is 0 Å². The molecule has 0 aliphatic carbocycles. The Labute approximate surface area is 212 Å². The van der Waals surface area contributed by atoms with E-state index >= 15 is 0 Å². The molecule has 4 aromatic rings. The fraction of sp³-hybridized carbons (Fsp3) is 0.125. The van der Waals surface area contributed by atoms with Crippen LogP contribution in [-0.2, 0) is 26.2 Å². The zero-order valence-corrected chi connectivity index (χ0v) is 20.7. The molecule has 12 nitrogen and oxygen atoms in total. The summed E-state index contributed by atoms with van der Waals surface area (Å²) in [4.78, 5) is 24.7. The van der Waals surface area contributed by atoms with Crippen molar-refractivity contribution >= 4 is 38.9 Å². The molecule has 0 fully saturated rings. The lowest BCUT2D eigenvalue weighted by molar-refractivity contribution is -0.117. The van der Waals surface area contributed by atoms with Gasteiger partial charge in [0, 0.05) is 23.9 Å². The minimum absolute atomic E-state index is 0.00298. The topological polar surface area (TPSA) is 157 Å². The molecule has 0 saturated heterocycles. The lowest BCUT2D eigenvalue weighted by atomic mass is 10.2. The smallest absolute Gasteiger partial charge is 0.261 e. The van der Waals surface area contributed by atoms with Crippen LogP contribution in [0.4, 0.5) is 17.1 Å². The van der Waals surface area contributed by atoms with Gasteiger partial charge >= 0.3 is 0 Å². The van der Waals surface area contributed by atoms with Crippen LogP contribution in [-0.4, -0.2) is 47.5 Å². The predicted octanol–water partition coefficient (Wildman–Crippen LogP) is 2.75. The summed E-state index contributed by atoms with van der Waals surface area (Å²) in [7, 11) is -2.41. The van der Waals surface area contributed by atoms with Crippen LogP contribution in [0, 0.1) is 0 Å². The summed E-state index contributed by atoms with van der Waals surface area (Å²) >= 11 is 0. The average Bonchev–Trinajstić information content (AvgIpc) is 3.32. The van der Waals surface area contributed by atoms with Crippen molar-refractivity contribution in [1.29, 1.82) is 0 Å². The molecule has 13 heteroatoms. The molecule has 4 rings (SSSR count). The Bertz CT molecular complexity index is 1520. The van der Waals surface area contributed by atoms with Crippen LogP contribution in [0.5, 0.6) is 5.75 Å². The van der Waals surface area contributed by atoms with E-state index in [4.69, 9.17) is 4.74 Å². The molecule has 1 aromatic heterocycles. The monoisotopic (exact) mass is 521 g/mol. The highest BCUT2D eigenvalue weighted by atomic mass is 32.2. The summed E-state index contributed by atoms with van der Waals surface area (Å²) in [5, 5.41) is 17.4. The van der Waals surface area contributed by atoms with Gasteiger partial charge in [0.2, 0.25) is 17.6 Å². The normalized spacial score (nSPS) is 11.0. The molecule has 0 unspecified atom stereocenters. The molecule has 0 aliphatic heterocycles. The molecule has 0 bridgehead atoms. The van der Waals surface area contributed by atoms with Crippen molar-refractivity contribution in [2.24, 2.45) is 0 Å². The van der Waals surface area contributed by atoms with Crippen LogP contribution in [0.2, 0.25) is 0 Å². The van der Waals surface area contributed by atoms with E-state index in [9.17, 15) is 18.0 Å². The predicted molar refractivity (Wildman–Crippen MR) is 136 cm³/mol. The first-order valence-corrected chi connectivity index (χ1v) is 12.4. The number of amides is 2. The number of hydrogen-bond donors (Lipinski definition) is 3. The van der Waals surface area contributed by atoms with E-state index in [0.717, 1.165) is 4.80 Å². The third kappa shape index (κ3) is 6.46. The lowest BCUT2D eigenvalue weighted by Gasteiger charge is -2.11. The Morgan fingerprint density at radius 1 is 0.919 bits per heavy atom. The molecule has 0 saturated carbocycles. The summed E-state index contributed by atoms with van der Waals surface area (Å²) in [6.07, 6.45) is 0. The fourth-order valence-corrected chi connectivity index (χ4v) is 4.39. The van der Waals surface area contributed by atoms with Crippen molar-refractivity contribution in [3.63, 3.8) is 0 Å². The number of para-hydroxylation sites is 1. The summed E-state index contributed by atoms with van der Waals surface area (Å²) in [5.41, 5.74) is 1.66. The van der Waals surface area contributed by atoms with Crippen molar-refractivity contribution in [3.05, 3.63) is 72.8 Å². The zero-order valence-electron chi connectivity index (χ0n) is 19.9.